The highest BCUT2D eigenvalue weighted by atomic mass is 35.5. The van der Waals surface area contributed by atoms with Gasteiger partial charge in [-0.1, -0.05) is 23.2 Å². The summed E-state index contributed by atoms with van der Waals surface area (Å²) < 4.78 is 7.11. The van der Waals surface area contributed by atoms with Crippen LogP contribution in [0.1, 0.15) is 15.9 Å². The van der Waals surface area contributed by atoms with Crippen molar-refractivity contribution in [2.45, 2.75) is 6.92 Å². The zero-order chi connectivity index (χ0) is 15.1. The third kappa shape index (κ3) is 2.36. The first-order valence-corrected chi connectivity index (χ1v) is 7.17. The molecule has 1 aliphatic heterocycles. The molecular weight excluding hydrogens is 313 g/mol. The van der Waals surface area contributed by atoms with Crippen LogP contribution in [-0.2, 0) is 7.05 Å². The summed E-state index contributed by atoms with van der Waals surface area (Å²) in [6.07, 6.45) is 1.60. The lowest BCUT2D eigenvalue weighted by atomic mass is 10.1. The van der Waals surface area contributed by atoms with Crippen LogP contribution in [0, 0.1) is 6.92 Å². The number of hydrogen-bond acceptors (Lipinski definition) is 3. The molecule has 5 nitrogen and oxygen atoms in total. The lowest BCUT2D eigenvalue weighted by Gasteiger charge is -2.27. The second kappa shape index (κ2) is 5.24. The predicted molar refractivity (Wildman–Crippen MR) is 81.6 cm³/mol. The van der Waals surface area contributed by atoms with Crippen molar-refractivity contribution in [2.75, 3.05) is 18.1 Å². The van der Waals surface area contributed by atoms with E-state index >= 15 is 0 Å². The van der Waals surface area contributed by atoms with Crippen LogP contribution in [0.2, 0.25) is 10.0 Å². The normalized spacial score (nSPS) is 13.8. The zero-order valence-electron chi connectivity index (χ0n) is 11.6. The molecule has 21 heavy (non-hydrogen) atoms. The summed E-state index contributed by atoms with van der Waals surface area (Å²) in [5.74, 6) is 1.06. The van der Waals surface area contributed by atoms with E-state index in [1.165, 1.54) is 0 Å². The van der Waals surface area contributed by atoms with Crippen molar-refractivity contribution in [2.24, 2.45) is 7.05 Å². The topological polar surface area (TPSA) is 47.4 Å². The molecule has 0 radical (unpaired) electrons. The third-order valence-electron chi connectivity index (χ3n) is 3.48. The van der Waals surface area contributed by atoms with Gasteiger partial charge in [0.1, 0.15) is 6.61 Å². The Labute approximate surface area is 132 Å². The maximum absolute atomic E-state index is 12.7. The number of amides is 1. The fourth-order valence-corrected chi connectivity index (χ4v) is 2.78. The summed E-state index contributed by atoms with van der Waals surface area (Å²) in [5, 5.41) is 5.07. The van der Waals surface area contributed by atoms with Crippen molar-refractivity contribution in [1.82, 2.24) is 9.78 Å². The van der Waals surface area contributed by atoms with E-state index in [0.29, 0.717) is 40.3 Å². The number of benzene rings is 1. The highest BCUT2D eigenvalue weighted by molar-refractivity contribution is 6.36. The molecule has 0 bridgehead atoms. The van der Waals surface area contributed by atoms with E-state index in [4.69, 9.17) is 27.9 Å². The van der Waals surface area contributed by atoms with Gasteiger partial charge in [-0.15, -0.1) is 0 Å². The van der Waals surface area contributed by atoms with Crippen LogP contribution in [0.5, 0.6) is 5.75 Å². The average molecular weight is 326 g/mol. The summed E-state index contributed by atoms with van der Waals surface area (Å²) in [4.78, 5) is 14.4. The minimum atomic E-state index is -0.174. The Morgan fingerprint density at radius 2 is 2.00 bits per heavy atom. The fourth-order valence-electron chi connectivity index (χ4n) is 2.30. The van der Waals surface area contributed by atoms with Crippen molar-refractivity contribution in [3.8, 4) is 5.75 Å². The monoisotopic (exact) mass is 325 g/mol. The molecule has 1 aliphatic rings. The van der Waals surface area contributed by atoms with Crippen molar-refractivity contribution in [3.63, 3.8) is 0 Å². The number of aryl methyl sites for hydroxylation is 1. The Bertz CT molecular complexity index is 704. The average Bonchev–Trinajstić information content (AvgIpc) is 2.85. The van der Waals surface area contributed by atoms with Crippen LogP contribution in [0.4, 0.5) is 5.82 Å². The number of carbonyl (C=O) groups excluding carboxylic acids is 1. The van der Waals surface area contributed by atoms with E-state index in [0.717, 1.165) is 5.56 Å². The van der Waals surface area contributed by atoms with Gasteiger partial charge in [-0.25, -0.2) is 4.68 Å². The van der Waals surface area contributed by atoms with Crippen molar-refractivity contribution in [3.05, 3.63) is 39.5 Å². The van der Waals surface area contributed by atoms with Gasteiger partial charge in [0.2, 0.25) is 0 Å². The second-order valence-electron chi connectivity index (χ2n) is 4.83. The summed E-state index contributed by atoms with van der Waals surface area (Å²) in [6, 6.07) is 3.27. The molecule has 0 atom stereocenters. The Hall–Kier alpha value is -1.72. The van der Waals surface area contributed by atoms with Crippen LogP contribution in [0.3, 0.4) is 0 Å². The number of hydrogen-bond donors (Lipinski definition) is 0. The summed E-state index contributed by atoms with van der Waals surface area (Å²) >= 11 is 12.2. The summed E-state index contributed by atoms with van der Waals surface area (Å²) in [5.41, 5.74) is 1.21. The van der Waals surface area contributed by atoms with Gasteiger partial charge in [-0.05, 0) is 24.6 Å². The standard InChI is InChI=1S/C14H13Cl2N3O2/c1-8-10(15)5-9(6-11(8)16)14(20)19-3-4-21-12-7-17-18(2)13(12)19/h5-7H,3-4H2,1-2H3. The fraction of sp³-hybridized carbons (Fsp3) is 0.286. The number of fused-ring (bicyclic) bond motifs is 1. The van der Waals surface area contributed by atoms with E-state index < -0.39 is 0 Å². The van der Waals surface area contributed by atoms with Crippen molar-refractivity contribution < 1.29 is 9.53 Å². The molecule has 0 fully saturated rings. The third-order valence-corrected chi connectivity index (χ3v) is 4.26. The molecule has 1 aromatic heterocycles. The van der Waals surface area contributed by atoms with Gasteiger partial charge in [0.05, 0.1) is 12.7 Å². The zero-order valence-corrected chi connectivity index (χ0v) is 13.1. The Morgan fingerprint density at radius 1 is 1.33 bits per heavy atom. The van der Waals surface area contributed by atoms with Crippen LogP contribution in [-0.4, -0.2) is 28.8 Å². The van der Waals surface area contributed by atoms with Gasteiger partial charge < -0.3 is 4.74 Å². The first-order chi connectivity index (χ1) is 9.99. The second-order valence-corrected chi connectivity index (χ2v) is 5.64. The van der Waals surface area contributed by atoms with E-state index in [1.54, 1.807) is 35.0 Å². The molecular formula is C14H13Cl2N3O2. The van der Waals surface area contributed by atoms with Gasteiger partial charge in [0.25, 0.3) is 5.91 Å². The van der Waals surface area contributed by atoms with Gasteiger partial charge in [0.15, 0.2) is 11.6 Å². The Balaban J connectivity index is 2.02. The quantitative estimate of drug-likeness (QED) is 0.809. The van der Waals surface area contributed by atoms with Crippen molar-refractivity contribution in [1.29, 1.82) is 0 Å². The molecule has 1 aromatic carbocycles. The van der Waals surface area contributed by atoms with Crippen LogP contribution >= 0.6 is 23.2 Å². The number of nitrogens with zero attached hydrogens (tertiary/aromatic N) is 3. The number of anilines is 1. The molecule has 1 amide bonds. The lowest BCUT2D eigenvalue weighted by Crippen LogP contribution is -2.39. The molecule has 0 saturated carbocycles. The largest absolute Gasteiger partial charge is 0.486 e. The lowest BCUT2D eigenvalue weighted by molar-refractivity contribution is 0.0974. The van der Waals surface area contributed by atoms with Gasteiger partial charge >= 0.3 is 0 Å². The van der Waals surface area contributed by atoms with Gasteiger partial charge in [-0.2, -0.15) is 5.10 Å². The van der Waals surface area contributed by atoms with Crippen LogP contribution in [0.15, 0.2) is 18.3 Å². The SMILES string of the molecule is Cc1c(Cl)cc(C(=O)N2CCOc3cnn(C)c32)cc1Cl. The van der Waals surface area contributed by atoms with E-state index in [1.807, 2.05) is 6.92 Å². The minimum Gasteiger partial charge on any atom is -0.486 e. The highest BCUT2D eigenvalue weighted by Gasteiger charge is 2.28. The number of rotatable bonds is 1. The molecule has 110 valence electrons. The molecule has 0 N–H and O–H groups in total. The number of halogens is 2. The van der Waals surface area contributed by atoms with E-state index in [9.17, 15) is 4.79 Å². The van der Waals surface area contributed by atoms with Gasteiger partial charge in [-0.3, -0.25) is 9.69 Å². The molecule has 3 rings (SSSR count). The smallest absolute Gasteiger partial charge is 0.259 e. The molecule has 2 aromatic rings. The van der Waals surface area contributed by atoms with Crippen LogP contribution in [0.25, 0.3) is 0 Å². The molecule has 2 heterocycles. The Kier molecular flexibility index (Phi) is 3.55. The van der Waals surface area contributed by atoms with Crippen LogP contribution < -0.4 is 9.64 Å². The Morgan fingerprint density at radius 3 is 2.67 bits per heavy atom. The number of carbonyl (C=O) groups is 1. The molecule has 0 unspecified atom stereocenters. The first kappa shape index (κ1) is 14.2. The maximum Gasteiger partial charge on any atom is 0.259 e. The highest BCUT2D eigenvalue weighted by Crippen LogP contribution is 2.33. The minimum absolute atomic E-state index is 0.174. The maximum atomic E-state index is 12.7. The first-order valence-electron chi connectivity index (χ1n) is 6.41. The summed E-state index contributed by atoms with van der Waals surface area (Å²) in [7, 11) is 1.77. The van der Waals surface area contributed by atoms with E-state index in [2.05, 4.69) is 5.10 Å². The number of ether oxygens (including phenoxy) is 1. The molecule has 0 saturated heterocycles. The van der Waals surface area contributed by atoms with Gasteiger partial charge in [0, 0.05) is 22.7 Å². The summed E-state index contributed by atoms with van der Waals surface area (Å²) in [6.45, 7) is 2.69. The molecule has 0 spiro atoms. The number of aromatic nitrogens is 2. The molecule has 7 heteroatoms. The van der Waals surface area contributed by atoms with Crippen molar-refractivity contribution >= 4 is 34.9 Å². The molecule has 0 aliphatic carbocycles. The predicted octanol–water partition coefficient (Wildman–Crippen LogP) is 3.07. The van der Waals surface area contributed by atoms with E-state index in [-0.39, 0.29) is 5.91 Å².